The Balaban J connectivity index is 3.37. The van der Waals surface area contributed by atoms with Crippen LogP contribution in [0.1, 0.15) is 6.92 Å². The molecule has 0 bridgehead atoms. The highest BCUT2D eigenvalue weighted by molar-refractivity contribution is 7.91. The lowest BCUT2D eigenvalue weighted by molar-refractivity contribution is -0.710. The topological polar surface area (TPSA) is 43.0 Å². The van der Waals surface area contributed by atoms with Crippen LogP contribution in [0.3, 0.4) is 0 Å². The third-order valence-corrected chi connectivity index (χ3v) is 3.67. The SMILES string of the molecule is CCS(=O)(=O)c1n(C)cc[n+]1C. The molecule has 0 saturated carbocycles. The summed E-state index contributed by atoms with van der Waals surface area (Å²) in [5.41, 5.74) is 0. The maximum Gasteiger partial charge on any atom is 0.375 e. The first-order valence-corrected chi connectivity index (χ1v) is 5.38. The molecule has 0 spiro atoms. The predicted molar refractivity (Wildman–Crippen MR) is 44.3 cm³/mol. The average Bonchev–Trinajstić information content (AvgIpc) is 2.31. The first kappa shape index (κ1) is 9.25. The monoisotopic (exact) mass is 189 g/mol. The van der Waals surface area contributed by atoms with Crippen molar-refractivity contribution in [1.82, 2.24) is 4.57 Å². The second-order valence-corrected chi connectivity index (χ2v) is 4.88. The molecule has 0 aliphatic carbocycles. The molecule has 0 N–H and O–H groups in total. The van der Waals surface area contributed by atoms with Gasteiger partial charge in [0.2, 0.25) is 0 Å². The van der Waals surface area contributed by atoms with Gasteiger partial charge in [-0.2, -0.15) is 0 Å². The molecular formula is C7H13N2O2S+. The van der Waals surface area contributed by atoms with Crippen LogP contribution in [0.5, 0.6) is 0 Å². The Morgan fingerprint density at radius 1 is 1.58 bits per heavy atom. The number of rotatable bonds is 2. The number of aromatic nitrogens is 2. The molecule has 0 saturated heterocycles. The minimum Gasteiger partial charge on any atom is -0.223 e. The van der Waals surface area contributed by atoms with Crippen LogP contribution in [0.25, 0.3) is 0 Å². The molecule has 0 fully saturated rings. The van der Waals surface area contributed by atoms with Crippen molar-refractivity contribution in [3.05, 3.63) is 12.4 Å². The van der Waals surface area contributed by atoms with Crippen molar-refractivity contribution in [3.63, 3.8) is 0 Å². The van der Waals surface area contributed by atoms with Gasteiger partial charge in [0.15, 0.2) is 0 Å². The summed E-state index contributed by atoms with van der Waals surface area (Å²) in [6.07, 6.45) is 3.45. The Labute approximate surface area is 72.4 Å². The van der Waals surface area contributed by atoms with E-state index in [1.807, 2.05) is 0 Å². The molecule has 5 heteroatoms. The lowest BCUT2D eigenvalue weighted by atomic mass is 10.9. The van der Waals surface area contributed by atoms with Gasteiger partial charge in [0.1, 0.15) is 12.4 Å². The summed E-state index contributed by atoms with van der Waals surface area (Å²) in [5, 5.41) is 0.352. The van der Waals surface area contributed by atoms with E-state index in [0.29, 0.717) is 5.16 Å². The summed E-state index contributed by atoms with van der Waals surface area (Å²) in [5.74, 6) is 0.138. The lowest BCUT2D eigenvalue weighted by Crippen LogP contribution is -2.34. The van der Waals surface area contributed by atoms with Crippen molar-refractivity contribution in [2.45, 2.75) is 12.1 Å². The minimum absolute atomic E-state index is 0.138. The van der Waals surface area contributed by atoms with Gasteiger partial charge in [-0.05, 0) is 0 Å². The molecule has 0 unspecified atom stereocenters. The van der Waals surface area contributed by atoms with Gasteiger partial charge in [-0.3, -0.25) is 0 Å². The average molecular weight is 189 g/mol. The summed E-state index contributed by atoms with van der Waals surface area (Å²) in [6.45, 7) is 1.64. The van der Waals surface area contributed by atoms with Crippen LogP contribution in [0.2, 0.25) is 0 Å². The molecule has 0 aliphatic heterocycles. The Kier molecular flexibility index (Phi) is 2.23. The van der Waals surface area contributed by atoms with Gasteiger partial charge in [-0.25, -0.2) is 17.6 Å². The fraction of sp³-hybridized carbons (Fsp3) is 0.571. The molecule has 0 aliphatic rings. The van der Waals surface area contributed by atoms with Gasteiger partial charge < -0.3 is 0 Å². The van der Waals surface area contributed by atoms with E-state index >= 15 is 0 Å². The zero-order valence-corrected chi connectivity index (χ0v) is 8.30. The van der Waals surface area contributed by atoms with Crippen LogP contribution in [0.15, 0.2) is 17.6 Å². The Morgan fingerprint density at radius 2 is 2.17 bits per heavy atom. The highest BCUT2D eigenvalue weighted by Gasteiger charge is 2.25. The summed E-state index contributed by atoms with van der Waals surface area (Å²) < 4.78 is 26.1. The molecule has 0 aromatic carbocycles. The van der Waals surface area contributed by atoms with Gasteiger partial charge in [-0.15, -0.1) is 0 Å². The van der Waals surface area contributed by atoms with Crippen molar-refractivity contribution in [2.75, 3.05) is 5.75 Å². The fourth-order valence-corrected chi connectivity index (χ4v) is 2.40. The zero-order chi connectivity index (χ0) is 9.35. The number of aryl methyl sites for hydroxylation is 2. The van der Waals surface area contributed by atoms with Crippen LogP contribution < -0.4 is 4.57 Å². The lowest BCUT2D eigenvalue weighted by Gasteiger charge is -1.96. The zero-order valence-electron chi connectivity index (χ0n) is 7.48. The molecule has 1 aromatic rings. The van der Waals surface area contributed by atoms with E-state index in [2.05, 4.69) is 0 Å². The van der Waals surface area contributed by atoms with E-state index < -0.39 is 9.84 Å². The molecule has 4 nitrogen and oxygen atoms in total. The Hall–Kier alpha value is -0.840. The molecular weight excluding hydrogens is 176 g/mol. The van der Waals surface area contributed by atoms with Crippen molar-refractivity contribution in [1.29, 1.82) is 0 Å². The quantitative estimate of drug-likeness (QED) is 0.596. The van der Waals surface area contributed by atoms with E-state index in [1.54, 1.807) is 42.5 Å². The number of imidazole rings is 1. The van der Waals surface area contributed by atoms with Gasteiger partial charge in [0.05, 0.1) is 19.8 Å². The van der Waals surface area contributed by atoms with E-state index in [4.69, 9.17) is 0 Å². The van der Waals surface area contributed by atoms with E-state index in [0.717, 1.165) is 0 Å². The Bertz CT molecular complexity index is 359. The van der Waals surface area contributed by atoms with Crippen molar-refractivity contribution < 1.29 is 13.0 Å². The van der Waals surface area contributed by atoms with Gasteiger partial charge in [0, 0.05) is 0 Å². The molecule has 1 rings (SSSR count). The second kappa shape index (κ2) is 2.90. The van der Waals surface area contributed by atoms with Crippen LogP contribution >= 0.6 is 0 Å². The molecule has 0 amide bonds. The largest absolute Gasteiger partial charge is 0.375 e. The van der Waals surface area contributed by atoms with E-state index in [-0.39, 0.29) is 5.75 Å². The molecule has 0 radical (unpaired) electrons. The predicted octanol–water partition coefficient (Wildman–Crippen LogP) is -0.357. The number of sulfone groups is 1. The first-order valence-electron chi connectivity index (χ1n) is 3.72. The minimum atomic E-state index is -3.09. The number of hydrogen-bond acceptors (Lipinski definition) is 2. The molecule has 1 heterocycles. The normalized spacial score (nSPS) is 11.9. The van der Waals surface area contributed by atoms with E-state index in [1.165, 1.54) is 0 Å². The van der Waals surface area contributed by atoms with Gasteiger partial charge in [0.25, 0.3) is 9.84 Å². The van der Waals surface area contributed by atoms with Gasteiger partial charge >= 0.3 is 5.16 Å². The van der Waals surface area contributed by atoms with Crippen LogP contribution in [0, 0.1) is 0 Å². The summed E-state index contributed by atoms with van der Waals surface area (Å²) in [7, 11) is 0.359. The molecule has 12 heavy (non-hydrogen) atoms. The highest BCUT2D eigenvalue weighted by Crippen LogP contribution is 2.03. The second-order valence-electron chi connectivity index (χ2n) is 2.71. The smallest absolute Gasteiger partial charge is 0.223 e. The van der Waals surface area contributed by atoms with E-state index in [9.17, 15) is 8.42 Å². The van der Waals surface area contributed by atoms with Crippen molar-refractivity contribution in [3.8, 4) is 0 Å². The van der Waals surface area contributed by atoms with Gasteiger partial charge in [-0.1, -0.05) is 6.92 Å². The number of nitrogens with zero attached hydrogens (tertiary/aromatic N) is 2. The summed E-state index contributed by atoms with van der Waals surface area (Å²) in [4.78, 5) is 0. The third kappa shape index (κ3) is 1.36. The Morgan fingerprint density at radius 3 is 2.50 bits per heavy atom. The highest BCUT2D eigenvalue weighted by atomic mass is 32.2. The van der Waals surface area contributed by atoms with Crippen LogP contribution in [-0.4, -0.2) is 18.7 Å². The standard InChI is InChI=1S/C7H13N2O2S/c1-4-12(10,11)7-8(2)5-6-9(7)3/h5-6H,4H2,1-3H3/q+1. The fourth-order valence-electron chi connectivity index (χ4n) is 1.14. The summed E-state index contributed by atoms with van der Waals surface area (Å²) in [6, 6.07) is 0. The summed E-state index contributed by atoms with van der Waals surface area (Å²) >= 11 is 0. The van der Waals surface area contributed by atoms with Crippen LogP contribution in [0.4, 0.5) is 0 Å². The maximum absolute atomic E-state index is 11.5. The third-order valence-electron chi connectivity index (χ3n) is 1.78. The molecule has 1 aromatic heterocycles. The maximum atomic E-state index is 11.5. The first-order chi connectivity index (χ1) is 5.49. The van der Waals surface area contributed by atoms with Crippen molar-refractivity contribution >= 4 is 9.84 Å². The molecule has 68 valence electrons. The number of hydrogen-bond donors (Lipinski definition) is 0. The van der Waals surface area contributed by atoms with Crippen LogP contribution in [-0.2, 0) is 23.9 Å². The molecule has 0 atom stereocenters. The van der Waals surface area contributed by atoms with Crippen molar-refractivity contribution in [2.24, 2.45) is 14.1 Å².